The third-order valence-corrected chi connectivity index (χ3v) is 5.56. The van der Waals surface area contributed by atoms with Gasteiger partial charge in [-0.2, -0.15) is 0 Å². The largest absolute Gasteiger partial charge is 0.339 e. The molecule has 0 spiro atoms. The van der Waals surface area contributed by atoms with Gasteiger partial charge in [0.1, 0.15) is 0 Å². The minimum absolute atomic E-state index is 0.189. The van der Waals surface area contributed by atoms with Crippen molar-refractivity contribution in [3.05, 3.63) is 58.3 Å². The van der Waals surface area contributed by atoms with Crippen LogP contribution in [0.2, 0.25) is 0 Å². The third-order valence-electron chi connectivity index (χ3n) is 4.62. The lowest BCUT2D eigenvalue weighted by molar-refractivity contribution is -0.139. The summed E-state index contributed by atoms with van der Waals surface area (Å²) in [6.07, 6.45) is 2.69. The Morgan fingerprint density at radius 2 is 1.40 bits per heavy atom. The van der Waals surface area contributed by atoms with Gasteiger partial charge in [0.05, 0.1) is 0 Å². The van der Waals surface area contributed by atoms with Gasteiger partial charge in [-0.15, -0.1) is 11.3 Å². The standard InChI is InChI=1S/C20H24N2O2S/c23-19(10-8-17-5-2-1-3-6-17)21-12-14-22(15-13-21)20(24)11-9-18-7-4-16-25-18/h1-7,16H,8-15H2. The molecule has 0 radical (unpaired) electrons. The van der Waals surface area contributed by atoms with Crippen molar-refractivity contribution < 1.29 is 9.59 Å². The molecule has 0 atom stereocenters. The first-order valence-electron chi connectivity index (χ1n) is 8.84. The van der Waals surface area contributed by atoms with Crippen molar-refractivity contribution >= 4 is 23.2 Å². The second-order valence-electron chi connectivity index (χ2n) is 6.33. The van der Waals surface area contributed by atoms with Gasteiger partial charge in [0.25, 0.3) is 0 Å². The molecule has 2 aromatic rings. The van der Waals surface area contributed by atoms with E-state index in [0.29, 0.717) is 39.0 Å². The predicted molar refractivity (Wildman–Crippen MR) is 101 cm³/mol. The monoisotopic (exact) mass is 356 g/mol. The minimum Gasteiger partial charge on any atom is -0.339 e. The molecular weight excluding hydrogens is 332 g/mol. The number of nitrogens with zero attached hydrogens (tertiary/aromatic N) is 2. The zero-order valence-electron chi connectivity index (χ0n) is 14.4. The number of aryl methyl sites for hydroxylation is 2. The Balaban J connectivity index is 1.38. The van der Waals surface area contributed by atoms with Crippen molar-refractivity contribution in [2.75, 3.05) is 26.2 Å². The number of carbonyl (C=O) groups is 2. The highest BCUT2D eigenvalue weighted by molar-refractivity contribution is 7.09. The molecular formula is C20H24N2O2S. The Morgan fingerprint density at radius 1 is 0.800 bits per heavy atom. The maximum atomic E-state index is 12.4. The van der Waals surface area contributed by atoms with Gasteiger partial charge in [-0.05, 0) is 29.9 Å². The summed E-state index contributed by atoms with van der Waals surface area (Å²) in [6, 6.07) is 14.2. The highest BCUT2D eigenvalue weighted by atomic mass is 32.1. The van der Waals surface area contributed by atoms with E-state index >= 15 is 0 Å². The highest BCUT2D eigenvalue weighted by Crippen LogP contribution is 2.13. The number of benzene rings is 1. The number of amides is 2. The quantitative estimate of drug-likeness (QED) is 0.798. The third kappa shape index (κ3) is 5.16. The molecule has 1 aliphatic rings. The molecule has 0 bridgehead atoms. The van der Waals surface area contributed by atoms with Crippen LogP contribution in [-0.4, -0.2) is 47.8 Å². The lowest BCUT2D eigenvalue weighted by Crippen LogP contribution is -2.50. The molecule has 2 amide bonds. The Hall–Kier alpha value is -2.14. The first-order chi connectivity index (χ1) is 12.2. The van der Waals surface area contributed by atoms with Crippen molar-refractivity contribution in [1.29, 1.82) is 0 Å². The fourth-order valence-electron chi connectivity index (χ4n) is 3.10. The maximum Gasteiger partial charge on any atom is 0.223 e. The zero-order chi connectivity index (χ0) is 17.5. The van der Waals surface area contributed by atoms with Crippen molar-refractivity contribution in [1.82, 2.24) is 9.80 Å². The molecule has 5 heteroatoms. The van der Waals surface area contributed by atoms with Gasteiger partial charge in [-0.3, -0.25) is 9.59 Å². The van der Waals surface area contributed by atoms with Gasteiger partial charge in [-0.1, -0.05) is 36.4 Å². The molecule has 3 rings (SSSR count). The summed E-state index contributed by atoms with van der Waals surface area (Å²) in [4.78, 5) is 29.7. The van der Waals surface area contributed by atoms with Gasteiger partial charge in [-0.25, -0.2) is 0 Å². The van der Waals surface area contributed by atoms with Crippen molar-refractivity contribution in [2.24, 2.45) is 0 Å². The molecule has 0 N–H and O–H groups in total. The summed E-state index contributed by atoms with van der Waals surface area (Å²) in [7, 11) is 0. The molecule has 132 valence electrons. The Morgan fingerprint density at radius 3 is 1.96 bits per heavy atom. The van der Waals surface area contributed by atoms with Crippen LogP contribution in [0.15, 0.2) is 47.8 Å². The molecule has 1 saturated heterocycles. The van der Waals surface area contributed by atoms with E-state index in [-0.39, 0.29) is 11.8 Å². The Kier molecular flexibility index (Phi) is 6.23. The van der Waals surface area contributed by atoms with Crippen LogP contribution in [-0.2, 0) is 22.4 Å². The topological polar surface area (TPSA) is 40.6 Å². The first kappa shape index (κ1) is 17.7. The van der Waals surface area contributed by atoms with Crippen LogP contribution in [0, 0.1) is 0 Å². The van der Waals surface area contributed by atoms with E-state index in [1.54, 1.807) is 11.3 Å². The number of hydrogen-bond donors (Lipinski definition) is 0. The van der Waals surface area contributed by atoms with Crippen LogP contribution in [0.3, 0.4) is 0 Å². The molecule has 1 aromatic carbocycles. The van der Waals surface area contributed by atoms with Crippen LogP contribution >= 0.6 is 11.3 Å². The molecule has 25 heavy (non-hydrogen) atoms. The second-order valence-corrected chi connectivity index (χ2v) is 7.36. The average Bonchev–Trinajstić information content (AvgIpc) is 3.19. The molecule has 1 aromatic heterocycles. The maximum absolute atomic E-state index is 12.4. The first-order valence-corrected chi connectivity index (χ1v) is 9.72. The van der Waals surface area contributed by atoms with Crippen LogP contribution in [0.25, 0.3) is 0 Å². The summed E-state index contributed by atoms with van der Waals surface area (Å²) in [5.41, 5.74) is 1.19. The number of piperazine rings is 1. The Bertz CT molecular complexity index is 677. The fraction of sp³-hybridized carbons (Fsp3) is 0.400. The van der Waals surface area contributed by atoms with Crippen molar-refractivity contribution in [3.63, 3.8) is 0 Å². The summed E-state index contributed by atoms with van der Waals surface area (Å²) >= 11 is 1.70. The molecule has 0 unspecified atom stereocenters. The SMILES string of the molecule is O=C(CCc1ccccc1)N1CCN(C(=O)CCc2cccs2)CC1. The van der Waals surface area contributed by atoms with Gasteiger partial charge in [0, 0.05) is 43.9 Å². The molecule has 4 nitrogen and oxygen atoms in total. The van der Waals surface area contributed by atoms with Crippen LogP contribution in [0.4, 0.5) is 0 Å². The van der Waals surface area contributed by atoms with Gasteiger partial charge >= 0.3 is 0 Å². The van der Waals surface area contributed by atoms with Crippen LogP contribution in [0.1, 0.15) is 23.3 Å². The van der Waals surface area contributed by atoms with Crippen LogP contribution < -0.4 is 0 Å². The lowest BCUT2D eigenvalue weighted by atomic mass is 10.1. The highest BCUT2D eigenvalue weighted by Gasteiger charge is 2.23. The number of hydrogen-bond acceptors (Lipinski definition) is 3. The molecule has 0 saturated carbocycles. The smallest absolute Gasteiger partial charge is 0.223 e. The van der Waals surface area contributed by atoms with E-state index in [1.807, 2.05) is 39.4 Å². The Labute approximate surface area is 153 Å². The summed E-state index contributed by atoms with van der Waals surface area (Å²) < 4.78 is 0. The number of thiophene rings is 1. The average molecular weight is 356 g/mol. The van der Waals surface area contributed by atoms with E-state index in [9.17, 15) is 9.59 Å². The molecule has 0 aliphatic carbocycles. The van der Waals surface area contributed by atoms with Gasteiger partial charge in [0.15, 0.2) is 0 Å². The van der Waals surface area contributed by atoms with E-state index in [0.717, 1.165) is 12.8 Å². The van der Waals surface area contributed by atoms with E-state index in [2.05, 4.69) is 18.2 Å². The van der Waals surface area contributed by atoms with Crippen molar-refractivity contribution in [2.45, 2.75) is 25.7 Å². The van der Waals surface area contributed by atoms with Gasteiger partial charge < -0.3 is 9.80 Å². The van der Waals surface area contributed by atoms with Crippen LogP contribution in [0.5, 0.6) is 0 Å². The number of rotatable bonds is 6. The molecule has 1 fully saturated rings. The van der Waals surface area contributed by atoms with E-state index in [1.165, 1.54) is 10.4 Å². The summed E-state index contributed by atoms with van der Waals surface area (Å²) in [6.45, 7) is 2.61. The summed E-state index contributed by atoms with van der Waals surface area (Å²) in [5, 5.41) is 2.04. The van der Waals surface area contributed by atoms with Gasteiger partial charge in [0.2, 0.25) is 11.8 Å². The second kappa shape index (κ2) is 8.81. The minimum atomic E-state index is 0.189. The fourth-order valence-corrected chi connectivity index (χ4v) is 3.81. The van der Waals surface area contributed by atoms with E-state index in [4.69, 9.17) is 0 Å². The molecule has 2 heterocycles. The van der Waals surface area contributed by atoms with Crippen molar-refractivity contribution in [3.8, 4) is 0 Å². The van der Waals surface area contributed by atoms with E-state index < -0.39 is 0 Å². The molecule has 1 aliphatic heterocycles. The zero-order valence-corrected chi connectivity index (χ0v) is 15.2. The number of carbonyl (C=O) groups excluding carboxylic acids is 2. The summed E-state index contributed by atoms with van der Waals surface area (Å²) in [5.74, 6) is 0.388. The lowest BCUT2D eigenvalue weighted by Gasteiger charge is -2.35. The normalized spacial score (nSPS) is 14.6. The predicted octanol–water partition coefficient (Wildman–Crippen LogP) is 2.98.